The van der Waals surface area contributed by atoms with Gasteiger partial charge in [-0.2, -0.15) is 0 Å². The molecule has 25 heavy (non-hydrogen) atoms. The predicted octanol–water partition coefficient (Wildman–Crippen LogP) is 4.97. The van der Waals surface area contributed by atoms with Crippen LogP contribution >= 0.6 is 11.6 Å². The van der Waals surface area contributed by atoms with Gasteiger partial charge in [-0.3, -0.25) is 4.79 Å². The molecule has 1 amide bonds. The van der Waals surface area contributed by atoms with E-state index in [1.54, 1.807) is 0 Å². The molecule has 0 bridgehead atoms. The zero-order valence-corrected chi connectivity index (χ0v) is 14.3. The molecule has 1 N–H and O–H groups in total. The highest BCUT2D eigenvalue weighted by Crippen LogP contribution is 2.35. The quantitative estimate of drug-likeness (QED) is 0.725. The molecule has 1 aliphatic rings. The molecule has 3 aromatic rings. The van der Waals surface area contributed by atoms with E-state index < -0.39 is 0 Å². The molecule has 124 valence electrons. The lowest BCUT2D eigenvalue weighted by Gasteiger charge is -2.31. The summed E-state index contributed by atoms with van der Waals surface area (Å²) in [6.45, 7) is 1.04. The van der Waals surface area contributed by atoms with Crippen molar-refractivity contribution in [1.29, 1.82) is 0 Å². The predicted molar refractivity (Wildman–Crippen MR) is 103 cm³/mol. The highest BCUT2D eigenvalue weighted by molar-refractivity contribution is 6.30. The van der Waals surface area contributed by atoms with Gasteiger partial charge in [0, 0.05) is 11.6 Å². The summed E-state index contributed by atoms with van der Waals surface area (Å²) in [7, 11) is 0. The molecule has 4 rings (SSSR count). The maximum Gasteiger partial charge on any atom is 0.243 e. The average molecular weight is 349 g/mol. The Morgan fingerprint density at radius 1 is 0.920 bits per heavy atom. The Morgan fingerprint density at radius 3 is 2.52 bits per heavy atom. The molecular weight excluding hydrogens is 332 g/mol. The van der Waals surface area contributed by atoms with E-state index in [-0.39, 0.29) is 5.91 Å². The Bertz CT molecular complexity index is 924. The number of hydrogen-bond donors (Lipinski definition) is 1. The van der Waals surface area contributed by atoms with E-state index in [4.69, 9.17) is 11.6 Å². The maximum atomic E-state index is 12.1. The summed E-state index contributed by atoms with van der Waals surface area (Å²) in [6, 6.07) is 24.1. The highest BCUT2D eigenvalue weighted by atomic mass is 35.5. The topological polar surface area (TPSA) is 32.3 Å². The van der Waals surface area contributed by atoms with Gasteiger partial charge < -0.3 is 10.2 Å². The third kappa shape index (κ3) is 3.37. The van der Waals surface area contributed by atoms with Crippen molar-refractivity contribution >= 4 is 28.9 Å². The second-order valence-electron chi connectivity index (χ2n) is 6.13. The van der Waals surface area contributed by atoms with Crippen LogP contribution in [0.3, 0.4) is 0 Å². The van der Waals surface area contributed by atoms with E-state index in [2.05, 4.69) is 28.4 Å². The Hall–Kier alpha value is -2.78. The van der Waals surface area contributed by atoms with Crippen LogP contribution in [-0.2, 0) is 11.3 Å². The summed E-state index contributed by atoms with van der Waals surface area (Å²) in [6.07, 6.45) is 0. The number of amides is 1. The van der Waals surface area contributed by atoms with Crippen molar-refractivity contribution in [3.05, 3.63) is 83.4 Å². The number of hydrogen-bond acceptors (Lipinski definition) is 2. The molecule has 3 nitrogen and oxygen atoms in total. The fourth-order valence-electron chi connectivity index (χ4n) is 3.14. The molecule has 4 heteroatoms. The van der Waals surface area contributed by atoms with Gasteiger partial charge in [-0.15, -0.1) is 0 Å². The van der Waals surface area contributed by atoms with E-state index >= 15 is 0 Å². The van der Waals surface area contributed by atoms with E-state index in [1.807, 2.05) is 54.6 Å². The van der Waals surface area contributed by atoms with Crippen LogP contribution in [-0.4, -0.2) is 12.5 Å². The molecule has 0 spiro atoms. The zero-order chi connectivity index (χ0) is 17.2. The summed E-state index contributed by atoms with van der Waals surface area (Å²) in [4.78, 5) is 14.2. The molecule has 0 saturated heterocycles. The molecule has 0 fully saturated rings. The van der Waals surface area contributed by atoms with Gasteiger partial charge in [0.2, 0.25) is 5.91 Å². The molecule has 0 aliphatic carbocycles. The molecule has 0 unspecified atom stereocenters. The lowest BCUT2D eigenvalue weighted by molar-refractivity contribution is -0.115. The number of rotatable bonds is 3. The Balaban J connectivity index is 1.73. The SMILES string of the molecule is O=C1CN(Cc2ccccc2)c2cc(-c3cccc(Cl)c3)ccc2N1. The number of halogens is 1. The second kappa shape index (κ2) is 6.61. The number of benzene rings is 3. The van der Waals surface area contributed by atoms with Gasteiger partial charge in [0.05, 0.1) is 17.9 Å². The standard InChI is InChI=1S/C21H17ClN2O/c22-18-8-4-7-16(11-18)17-9-10-19-20(12-17)24(14-21(25)23-19)13-15-5-2-1-3-6-15/h1-12H,13-14H2,(H,23,25). The van der Waals surface area contributed by atoms with Crippen LogP contribution < -0.4 is 10.2 Å². The van der Waals surface area contributed by atoms with Gasteiger partial charge in [0.15, 0.2) is 0 Å². The van der Waals surface area contributed by atoms with Crippen molar-refractivity contribution in [2.24, 2.45) is 0 Å². The van der Waals surface area contributed by atoms with Crippen LogP contribution in [0.4, 0.5) is 11.4 Å². The first kappa shape index (κ1) is 15.7. The van der Waals surface area contributed by atoms with Crippen molar-refractivity contribution in [3.63, 3.8) is 0 Å². The molecule has 1 heterocycles. The van der Waals surface area contributed by atoms with Crippen LogP contribution in [0.1, 0.15) is 5.56 Å². The van der Waals surface area contributed by atoms with E-state index in [0.717, 1.165) is 22.5 Å². The Kier molecular flexibility index (Phi) is 4.16. The highest BCUT2D eigenvalue weighted by Gasteiger charge is 2.22. The molecule has 3 aromatic carbocycles. The van der Waals surface area contributed by atoms with Crippen molar-refractivity contribution in [2.75, 3.05) is 16.8 Å². The Morgan fingerprint density at radius 2 is 1.72 bits per heavy atom. The minimum atomic E-state index is 0.0129. The van der Waals surface area contributed by atoms with Gasteiger partial charge in [-0.25, -0.2) is 0 Å². The van der Waals surface area contributed by atoms with E-state index in [1.165, 1.54) is 5.56 Å². The summed E-state index contributed by atoms with van der Waals surface area (Å²) >= 11 is 6.13. The number of anilines is 2. The first-order chi connectivity index (χ1) is 12.2. The number of fused-ring (bicyclic) bond motifs is 1. The molecule has 0 atom stereocenters. The van der Waals surface area contributed by atoms with Crippen LogP contribution in [0.5, 0.6) is 0 Å². The van der Waals surface area contributed by atoms with E-state index in [9.17, 15) is 4.79 Å². The first-order valence-electron chi connectivity index (χ1n) is 8.18. The van der Waals surface area contributed by atoms with Gasteiger partial charge in [0.1, 0.15) is 0 Å². The van der Waals surface area contributed by atoms with E-state index in [0.29, 0.717) is 18.1 Å². The fraction of sp³-hybridized carbons (Fsp3) is 0.0952. The molecule has 0 radical (unpaired) electrons. The summed E-state index contributed by atoms with van der Waals surface area (Å²) in [5.41, 5.74) is 5.19. The smallest absolute Gasteiger partial charge is 0.243 e. The summed E-state index contributed by atoms with van der Waals surface area (Å²) in [5, 5.41) is 3.67. The van der Waals surface area contributed by atoms with Crippen molar-refractivity contribution in [2.45, 2.75) is 6.54 Å². The van der Waals surface area contributed by atoms with Gasteiger partial charge in [0.25, 0.3) is 0 Å². The number of nitrogens with one attached hydrogen (secondary N) is 1. The van der Waals surface area contributed by atoms with Crippen molar-refractivity contribution in [1.82, 2.24) is 0 Å². The van der Waals surface area contributed by atoms with Crippen molar-refractivity contribution < 1.29 is 4.79 Å². The average Bonchev–Trinajstić information content (AvgIpc) is 2.62. The lowest BCUT2D eigenvalue weighted by Crippen LogP contribution is -2.37. The minimum Gasteiger partial charge on any atom is -0.356 e. The van der Waals surface area contributed by atoms with Gasteiger partial charge in [-0.1, -0.05) is 60.1 Å². The maximum absolute atomic E-state index is 12.1. The minimum absolute atomic E-state index is 0.0129. The lowest BCUT2D eigenvalue weighted by atomic mass is 10.0. The number of carbonyl (C=O) groups is 1. The fourth-order valence-corrected chi connectivity index (χ4v) is 3.33. The van der Waals surface area contributed by atoms with Crippen LogP contribution in [0.2, 0.25) is 5.02 Å². The number of carbonyl (C=O) groups excluding carboxylic acids is 1. The van der Waals surface area contributed by atoms with Crippen LogP contribution in [0.15, 0.2) is 72.8 Å². The largest absolute Gasteiger partial charge is 0.356 e. The molecule has 1 aliphatic heterocycles. The number of nitrogens with zero attached hydrogens (tertiary/aromatic N) is 1. The molecule has 0 aromatic heterocycles. The first-order valence-corrected chi connectivity index (χ1v) is 8.55. The third-order valence-corrected chi connectivity index (χ3v) is 4.56. The van der Waals surface area contributed by atoms with Crippen LogP contribution in [0.25, 0.3) is 11.1 Å². The summed E-state index contributed by atoms with van der Waals surface area (Å²) < 4.78 is 0. The summed E-state index contributed by atoms with van der Waals surface area (Å²) in [5.74, 6) is 0.0129. The normalized spacial score (nSPS) is 13.3. The monoisotopic (exact) mass is 348 g/mol. The second-order valence-corrected chi connectivity index (χ2v) is 6.57. The Labute approximate surface area is 151 Å². The van der Waals surface area contributed by atoms with Gasteiger partial charge in [-0.05, 0) is 41.0 Å². The van der Waals surface area contributed by atoms with Crippen LogP contribution in [0, 0.1) is 0 Å². The molecular formula is C21H17ClN2O. The van der Waals surface area contributed by atoms with Gasteiger partial charge >= 0.3 is 0 Å². The van der Waals surface area contributed by atoms with Crippen molar-refractivity contribution in [3.8, 4) is 11.1 Å². The molecule has 0 saturated carbocycles. The third-order valence-electron chi connectivity index (χ3n) is 4.32. The zero-order valence-electron chi connectivity index (χ0n) is 13.6.